The van der Waals surface area contributed by atoms with E-state index in [0.29, 0.717) is 0 Å². The van der Waals surface area contributed by atoms with Crippen LogP contribution in [0.15, 0.2) is 101 Å². The minimum Gasteiger partial charge on any atom is -0.375 e. The fourth-order valence-electron chi connectivity index (χ4n) is 4.97. The highest BCUT2D eigenvalue weighted by Gasteiger charge is 2.21. The molecule has 0 amide bonds. The Hall–Kier alpha value is -4.76. The number of unbranched alkanes of at least 4 members (excludes halogenated alkanes) is 1. The summed E-state index contributed by atoms with van der Waals surface area (Å²) in [5.74, 6) is 2.70. The van der Waals surface area contributed by atoms with Crippen molar-refractivity contribution in [3.63, 3.8) is 0 Å². The Kier molecular flexibility index (Phi) is 8.32. The minimum absolute atomic E-state index is 0.772. The van der Waals surface area contributed by atoms with Gasteiger partial charge in [0, 0.05) is 68.7 Å². The highest BCUT2D eigenvalue weighted by atomic mass is 15.1. The molecule has 0 spiro atoms. The molecular weight excluding hydrogens is 492 g/mol. The maximum absolute atomic E-state index is 5.38. The van der Waals surface area contributed by atoms with Crippen molar-refractivity contribution in [1.29, 1.82) is 0 Å². The van der Waals surface area contributed by atoms with Gasteiger partial charge in [0.05, 0.1) is 11.4 Å². The van der Waals surface area contributed by atoms with Crippen molar-refractivity contribution < 1.29 is 4.57 Å². The van der Waals surface area contributed by atoms with Crippen LogP contribution in [0.25, 0.3) is 27.8 Å². The number of terminal acetylenes is 1. The van der Waals surface area contributed by atoms with Gasteiger partial charge < -0.3 is 9.80 Å². The molecule has 0 saturated carbocycles. The smallest absolute Gasteiger partial charge is 0.239 e. The van der Waals surface area contributed by atoms with Gasteiger partial charge in [-0.3, -0.25) is 0 Å². The van der Waals surface area contributed by atoms with E-state index in [4.69, 9.17) is 11.4 Å². The molecule has 5 aromatic rings. The van der Waals surface area contributed by atoms with Crippen LogP contribution in [0.2, 0.25) is 0 Å². The van der Waals surface area contributed by atoms with Crippen LogP contribution < -0.4 is 14.4 Å². The molecule has 1 aromatic heterocycles. The zero-order valence-corrected chi connectivity index (χ0v) is 23.5. The summed E-state index contributed by atoms with van der Waals surface area (Å²) in [4.78, 5) is 9.55. The van der Waals surface area contributed by atoms with Gasteiger partial charge in [-0.2, -0.15) is 10.2 Å². The lowest BCUT2D eigenvalue weighted by atomic mass is 10.1. The number of nitrogens with zero attached hydrogens (tertiary/aromatic N) is 6. The summed E-state index contributed by atoms with van der Waals surface area (Å²) >= 11 is 0. The first-order valence-electron chi connectivity index (χ1n) is 13.9. The molecule has 0 unspecified atom stereocenters. The van der Waals surface area contributed by atoms with Crippen LogP contribution in [0, 0.1) is 12.3 Å². The molecule has 200 valence electrons. The first kappa shape index (κ1) is 26.8. The third kappa shape index (κ3) is 5.79. The van der Waals surface area contributed by atoms with Crippen molar-refractivity contribution in [2.45, 2.75) is 26.7 Å². The van der Waals surface area contributed by atoms with Crippen molar-refractivity contribution in [2.24, 2.45) is 10.2 Å². The Bertz CT molecular complexity index is 1670. The van der Waals surface area contributed by atoms with Gasteiger partial charge in [0.15, 0.2) is 0 Å². The quantitative estimate of drug-likeness (QED) is 0.0613. The van der Waals surface area contributed by atoms with Crippen LogP contribution in [-0.2, 0) is 0 Å². The predicted molar refractivity (Wildman–Crippen MR) is 166 cm³/mol. The van der Waals surface area contributed by atoms with E-state index < -0.39 is 0 Å². The number of benzene rings is 4. The Labute approximate surface area is 236 Å². The molecule has 6 heteroatoms. The lowest BCUT2D eigenvalue weighted by Crippen LogP contribution is -2.33. The summed E-state index contributed by atoms with van der Waals surface area (Å²) in [6, 6.07) is 31.1. The van der Waals surface area contributed by atoms with Crippen molar-refractivity contribution in [3.05, 3.63) is 91.0 Å². The number of aromatic nitrogens is 2. The van der Waals surface area contributed by atoms with Crippen LogP contribution in [-0.4, -0.2) is 31.7 Å². The molecule has 0 aliphatic carbocycles. The van der Waals surface area contributed by atoms with Crippen LogP contribution in [0.4, 0.5) is 22.7 Å². The predicted octanol–water partition coefficient (Wildman–Crippen LogP) is 7.78. The first-order valence-corrected chi connectivity index (χ1v) is 13.9. The van der Waals surface area contributed by atoms with Crippen molar-refractivity contribution in [3.8, 4) is 18.0 Å². The average Bonchev–Trinajstić information content (AvgIpc) is 3.00. The molecule has 0 saturated heterocycles. The van der Waals surface area contributed by atoms with E-state index in [-0.39, 0.29) is 0 Å². The second-order valence-corrected chi connectivity index (χ2v) is 9.75. The zero-order chi connectivity index (χ0) is 27.9. The maximum Gasteiger partial charge on any atom is 0.239 e. The molecule has 1 heterocycles. The lowest BCUT2D eigenvalue weighted by molar-refractivity contribution is -0.538. The summed E-state index contributed by atoms with van der Waals surface area (Å²) in [7, 11) is 2.08. The fourth-order valence-corrected chi connectivity index (χ4v) is 4.97. The van der Waals surface area contributed by atoms with E-state index in [0.717, 1.165) is 77.3 Å². The van der Waals surface area contributed by atoms with Gasteiger partial charge in [-0.25, -0.2) is 4.98 Å². The van der Waals surface area contributed by atoms with Crippen molar-refractivity contribution in [1.82, 2.24) is 4.98 Å². The van der Waals surface area contributed by atoms with Gasteiger partial charge in [0.25, 0.3) is 0 Å². The summed E-state index contributed by atoms with van der Waals surface area (Å²) in [6.45, 7) is 7.18. The molecule has 0 bridgehead atoms. The van der Waals surface area contributed by atoms with Gasteiger partial charge in [0.2, 0.25) is 16.7 Å². The molecule has 0 radical (unpaired) electrons. The Morgan fingerprint density at radius 1 is 0.775 bits per heavy atom. The van der Waals surface area contributed by atoms with Crippen LogP contribution in [0.1, 0.15) is 26.7 Å². The van der Waals surface area contributed by atoms with Crippen LogP contribution >= 0.6 is 0 Å². The molecule has 0 atom stereocenters. The topological polar surface area (TPSA) is 48.0 Å². The molecule has 6 nitrogen and oxygen atoms in total. The van der Waals surface area contributed by atoms with E-state index in [9.17, 15) is 0 Å². The van der Waals surface area contributed by atoms with E-state index in [1.807, 2.05) is 30.3 Å². The molecule has 5 rings (SSSR count). The lowest BCUT2D eigenvalue weighted by Gasteiger charge is -2.20. The maximum atomic E-state index is 5.38. The zero-order valence-electron chi connectivity index (χ0n) is 23.5. The van der Waals surface area contributed by atoms with Gasteiger partial charge in [-0.05, 0) is 68.8 Å². The summed E-state index contributed by atoms with van der Waals surface area (Å²) in [5.41, 5.74) is 8.86. The van der Waals surface area contributed by atoms with E-state index in [2.05, 4.69) is 112 Å². The first-order chi connectivity index (χ1) is 19.6. The van der Waals surface area contributed by atoms with E-state index in [1.54, 1.807) is 0 Å². The van der Waals surface area contributed by atoms with Gasteiger partial charge in [-0.15, -0.1) is 16.9 Å². The Balaban J connectivity index is 1.53. The highest BCUT2D eigenvalue weighted by molar-refractivity contribution is 5.85. The molecule has 0 N–H and O–H groups in total. The van der Waals surface area contributed by atoms with Crippen LogP contribution in [0.3, 0.4) is 0 Å². The fraction of sp³-hybridized carbons (Fsp3) is 0.235. The number of hydrogen-bond donors (Lipinski definition) is 0. The second kappa shape index (κ2) is 12.4. The van der Waals surface area contributed by atoms with Crippen molar-refractivity contribution in [2.75, 3.05) is 36.5 Å². The molecule has 40 heavy (non-hydrogen) atoms. The number of para-hydroxylation sites is 1. The highest BCUT2D eigenvalue weighted by Crippen LogP contribution is 2.27. The second-order valence-electron chi connectivity index (χ2n) is 9.75. The summed E-state index contributed by atoms with van der Waals surface area (Å²) in [5, 5.41) is 9.12. The average molecular weight is 528 g/mol. The molecule has 0 fully saturated rings. The van der Waals surface area contributed by atoms with Crippen LogP contribution in [0.5, 0.6) is 0 Å². The van der Waals surface area contributed by atoms with E-state index >= 15 is 0 Å². The third-order valence-corrected chi connectivity index (χ3v) is 7.17. The van der Waals surface area contributed by atoms with Gasteiger partial charge >= 0.3 is 0 Å². The molecular formula is C34H35N6+. The Morgan fingerprint density at radius 2 is 1.40 bits per heavy atom. The normalized spacial score (nSPS) is 11.2. The number of azo groups is 1. The monoisotopic (exact) mass is 527 g/mol. The molecule has 4 aromatic carbocycles. The number of rotatable bonds is 10. The molecule has 0 aliphatic rings. The van der Waals surface area contributed by atoms with E-state index in [1.165, 1.54) is 5.69 Å². The minimum atomic E-state index is 0.772. The summed E-state index contributed by atoms with van der Waals surface area (Å²) < 4.78 is 2.27. The molecule has 0 aliphatic heterocycles. The number of anilines is 2. The Morgan fingerprint density at radius 3 is 2.10 bits per heavy atom. The van der Waals surface area contributed by atoms with Gasteiger partial charge in [0.1, 0.15) is 11.0 Å². The largest absolute Gasteiger partial charge is 0.375 e. The summed E-state index contributed by atoms with van der Waals surface area (Å²) in [6.07, 6.45) is 7.14. The van der Waals surface area contributed by atoms with Gasteiger partial charge in [-0.1, -0.05) is 18.2 Å². The standard InChI is InChI=1S/C34H35N6/c1-5-8-12-23-38(4)28-18-15-26(16-19-28)36-37-27-17-21-31-33(24-27)40(29-13-10-9-11-14-29)34-25-30(39(6-2)7-3)20-22-32(34)35-31/h1,9-11,13-22,24-25H,6-8,12,23H2,2-4H3/q+1. The number of hydrogen-bond acceptors (Lipinski definition) is 5. The third-order valence-electron chi connectivity index (χ3n) is 7.17. The van der Waals surface area contributed by atoms with Crippen molar-refractivity contribution >= 4 is 44.8 Å². The SMILES string of the molecule is C#CCCCN(C)c1ccc(N=Nc2ccc3nc4ccc(N(CC)CC)cc4[n+](-c4ccccc4)c3c2)cc1. The number of fused-ring (bicyclic) bond motifs is 2.